The Kier molecular flexibility index (Phi) is 8.91. The summed E-state index contributed by atoms with van der Waals surface area (Å²) < 4.78 is 10.9. The molecule has 2 aliphatic rings. The fourth-order valence-corrected chi connectivity index (χ4v) is 5.19. The van der Waals surface area contributed by atoms with Gasteiger partial charge in [0.05, 0.1) is 19.6 Å². The summed E-state index contributed by atoms with van der Waals surface area (Å²) >= 11 is 0. The molecule has 1 aromatic carbocycles. The third-order valence-electron chi connectivity index (χ3n) is 6.77. The number of benzene rings is 1. The number of amides is 2. The predicted molar refractivity (Wildman–Crippen MR) is 130 cm³/mol. The molecular formula is C27H36N2O5. The second kappa shape index (κ2) is 11.9. The van der Waals surface area contributed by atoms with E-state index in [1.54, 1.807) is 25.0 Å². The number of methoxy groups -OCH3 is 1. The van der Waals surface area contributed by atoms with Crippen LogP contribution < -0.4 is 10.1 Å². The zero-order chi connectivity index (χ0) is 24.6. The van der Waals surface area contributed by atoms with Gasteiger partial charge in [-0.2, -0.15) is 0 Å². The first-order valence-electron chi connectivity index (χ1n) is 12.2. The number of carbonyl (C=O) groups excluding carboxylic acids is 3. The first kappa shape index (κ1) is 25.5. The van der Waals surface area contributed by atoms with Crippen molar-refractivity contribution >= 4 is 17.8 Å². The summed E-state index contributed by atoms with van der Waals surface area (Å²) in [6, 6.07) is 7.67. The molecule has 0 radical (unpaired) electrons. The minimum absolute atomic E-state index is 0.0610. The number of likely N-dealkylation sites (tertiary alicyclic amines) is 1. The number of rotatable bonds is 10. The van der Waals surface area contributed by atoms with E-state index in [2.05, 4.69) is 11.9 Å². The Morgan fingerprint density at radius 1 is 1.26 bits per heavy atom. The van der Waals surface area contributed by atoms with Gasteiger partial charge in [-0.25, -0.2) is 0 Å². The van der Waals surface area contributed by atoms with E-state index >= 15 is 0 Å². The summed E-state index contributed by atoms with van der Waals surface area (Å²) in [5.74, 6) is -0.884. The molecule has 2 amide bonds. The number of nitrogens with zero attached hydrogens (tertiary/aromatic N) is 1. The van der Waals surface area contributed by atoms with Gasteiger partial charge >= 0.3 is 5.97 Å². The molecule has 1 aliphatic carbocycles. The Morgan fingerprint density at radius 3 is 2.79 bits per heavy atom. The number of ether oxygens (including phenoxy) is 2. The van der Waals surface area contributed by atoms with Gasteiger partial charge in [0.1, 0.15) is 11.2 Å². The Labute approximate surface area is 202 Å². The maximum atomic E-state index is 13.5. The lowest BCUT2D eigenvalue weighted by Crippen LogP contribution is -2.42. The van der Waals surface area contributed by atoms with Crippen molar-refractivity contribution in [2.24, 2.45) is 11.3 Å². The fourth-order valence-electron chi connectivity index (χ4n) is 5.19. The molecular weight excluding hydrogens is 432 g/mol. The summed E-state index contributed by atoms with van der Waals surface area (Å²) in [5, 5.41) is 2.93. The molecule has 0 saturated carbocycles. The summed E-state index contributed by atoms with van der Waals surface area (Å²) in [6.07, 6.45) is 8.26. The molecule has 0 bridgehead atoms. The van der Waals surface area contributed by atoms with Crippen molar-refractivity contribution in [2.75, 3.05) is 26.8 Å². The van der Waals surface area contributed by atoms with Gasteiger partial charge in [-0.05, 0) is 44.2 Å². The van der Waals surface area contributed by atoms with Crippen LogP contribution in [0.4, 0.5) is 0 Å². The maximum absolute atomic E-state index is 13.5. The average Bonchev–Trinajstić information content (AvgIpc) is 3.02. The van der Waals surface area contributed by atoms with Gasteiger partial charge in [0.25, 0.3) is 0 Å². The molecule has 34 heavy (non-hydrogen) atoms. The first-order chi connectivity index (χ1) is 16.5. The number of hydrogen-bond donors (Lipinski definition) is 1. The number of nitrogens with one attached hydrogen (secondary N) is 1. The quantitative estimate of drug-likeness (QED) is 0.417. The molecule has 1 aliphatic heterocycles. The van der Waals surface area contributed by atoms with Crippen LogP contribution in [0.2, 0.25) is 0 Å². The zero-order valence-electron chi connectivity index (χ0n) is 20.3. The van der Waals surface area contributed by atoms with Crippen molar-refractivity contribution in [1.29, 1.82) is 0 Å². The lowest BCUT2D eigenvalue weighted by Gasteiger charge is -2.34. The van der Waals surface area contributed by atoms with Crippen LogP contribution in [0.3, 0.4) is 0 Å². The van der Waals surface area contributed by atoms with Crippen molar-refractivity contribution in [3.05, 3.63) is 54.3 Å². The topological polar surface area (TPSA) is 84.9 Å². The van der Waals surface area contributed by atoms with E-state index in [-0.39, 0.29) is 24.8 Å². The summed E-state index contributed by atoms with van der Waals surface area (Å²) in [5.41, 5.74) is 0.547. The van der Waals surface area contributed by atoms with Crippen LogP contribution >= 0.6 is 0 Å². The van der Waals surface area contributed by atoms with E-state index in [1.807, 2.05) is 30.3 Å². The molecule has 1 N–H and O–H groups in total. The second-order valence-corrected chi connectivity index (χ2v) is 8.79. The highest BCUT2D eigenvalue weighted by molar-refractivity contribution is 5.98. The van der Waals surface area contributed by atoms with Crippen LogP contribution in [0.15, 0.2) is 48.7 Å². The molecule has 0 unspecified atom stereocenters. The van der Waals surface area contributed by atoms with E-state index < -0.39 is 17.3 Å². The van der Waals surface area contributed by atoms with Gasteiger partial charge in [0, 0.05) is 25.2 Å². The summed E-state index contributed by atoms with van der Waals surface area (Å²) in [6.45, 7) is 6.48. The summed E-state index contributed by atoms with van der Waals surface area (Å²) in [4.78, 5) is 41.6. The van der Waals surface area contributed by atoms with Crippen LogP contribution in [-0.2, 0) is 25.5 Å². The predicted octanol–water partition coefficient (Wildman–Crippen LogP) is 3.79. The fraction of sp³-hybridized carbons (Fsp3) is 0.519. The Bertz CT molecular complexity index is 941. The van der Waals surface area contributed by atoms with E-state index in [0.29, 0.717) is 31.6 Å². The Morgan fingerprint density at radius 2 is 2.06 bits per heavy atom. The lowest BCUT2D eigenvalue weighted by molar-refractivity contribution is -0.158. The zero-order valence-corrected chi connectivity index (χ0v) is 20.3. The third-order valence-corrected chi connectivity index (χ3v) is 6.77. The first-order valence-corrected chi connectivity index (χ1v) is 12.2. The van der Waals surface area contributed by atoms with Gasteiger partial charge in [0.15, 0.2) is 0 Å². The number of esters is 1. The van der Waals surface area contributed by atoms with Gasteiger partial charge in [-0.3, -0.25) is 14.4 Å². The molecule has 1 aromatic rings. The molecule has 0 spiro atoms. The molecule has 3 rings (SSSR count). The van der Waals surface area contributed by atoms with Crippen molar-refractivity contribution in [2.45, 2.75) is 51.9 Å². The van der Waals surface area contributed by atoms with Crippen molar-refractivity contribution in [1.82, 2.24) is 10.2 Å². The van der Waals surface area contributed by atoms with E-state index in [4.69, 9.17) is 9.47 Å². The van der Waals surface area contributed by atoms with E-state index in [1.165, 1.54) is 0 Å². The van der Waals surface area contributed by atoms with Crippen LogP contribution in [0.5, 0.6) is 5.75 Å². The van der Waals surface area contributed by atoms with Crippen LogP contribution in [0.25, 0.3) is 0 Å². The third kappa shape index (κ3) is 5.18. The molecule has 1 fully saturated rings. The van der Waals surface area contributed by atoms with E-state index in [0.717, 1.165) is 37.0 Å². The molecule has 184 valence electrons. The minimum atomic E-state index is -1.13. The lowest BCUT2D eigenvalue weighted by atomic mass is 9.69. The van der Waals surface area contributed by atoms with Crippen LogP contribution in [0.1, 0.15) is 51.0 Å². The monoisotopic (exact) mass is 468 g/mol. The smallest absolute Gasteiger partial charge is 0.318 e. The number of carbonyl (C=O) groups is 3. The number of fused-ring (bicyclic) bond motifs is 1. The van der Waals surface area contributed by atoms with Gasteiger partial charge < -0.3 is 19.7 Å². The molecule has 0 aromatic heterocycles. The van der Waals surface area contributed by atoms with Crippen LogP contribution in [-0.4, -0.2) is 49.5 Å². The highest BCUT2D eigenvalue weighted by Crippen LogP contribution is 2.52. The SMILES string of the molecule is C=CCN1C(=O)[C@H](CC(=O)NCCc2ccccc2OC)[C@@]2(C(=O)OCC)CCCCC/C=C/12. The molecule has 1 heterocycles. The van der Waals surface area contributed by atoms with Crippen LogP contribution in [0, 0.1) is 11.3 Å². The minimum Gasteiger partial charge on any atom is -0.496 e. The Balaban J connectivity index is 1.82. The number of para-hydroxylation sites is 1. The van der Waals surface area contributed by atoms with E-state index in [9.17, 15) is 14.4 Å². The standard InChI is InChI=1S/C27H36N2O5/c1-4-18-29-23-14-8-6-7-11-16-27(23,26(32)34-5-2)21(25(29)31)19-24(30)28-17-15-20-12-9-10-13-22(20)33-3/h4,9-10,12-14,21H,1,5-8,11,15-19H2,2-3H3,(H,28,30)/b23-14+/t21-,27-/m0/s1. The van der Waals surface area contributed by atoms with Crippen molar-refractivity contribution in [3.8, 4) is 5.75 Å². The average molecular weight is 469 g/mol. The Hall–Kier alpha value is -3.09. The maximum Gasteiger partial charge on any atom is 0.318 e. The van der Waals surface area contributed by atoms with Gasteiger partial charge in [0.2, 0.25) is 11.8 Å². The summed E-state index contributed by atoms with van der Waals surface area (Å²) in [7, 11) is 1.62. The van der Waals surface area contributed by atoms with Crippen molar-refractivity contribution < 1.29 is 23.9 Å². The van der Waals surface area contributed by atoms with Crippen molar-refractivity contribution in [3.63, 3.8) is 0 Å². The molecule has 7 nitrogen and oxygen atoms in total. The second-order valence-electron chi connectivity index (χ2n) is 8.79. The van der Waals surface area contributed by atoms with Gasteiger partial charge in [-0.15, -0.1) is 6.58 Å². The number of hydrogen-bond acceptors (Lipinski definition) is 5. The van der Waals surface area contributed by atoms with Gasteiger partial charge in [-0.1, -0.05) is 43.2 Å². The normalized spacial score (nSPS) is 23.7. The highest BCUT2D eigenvalue weighted by atomic mass is 16.5. The molecule has 1 saturated heterocycles. The highest BCUT2D eigenvalue weighted by Gasteiger charge is 2.61. The number of allylic oxidation sites excluding steroid dienone is 1. The largest absolute Gasteiger partial charge is 0.496 e. The molecule has 7 heteroatoms. The molecule has 2 atom stereocenters.